The second kappa shape index (κ2) is 17.7. The summed E-state index contributed by atoms with van der Waals surface area (Å²) >= 11 is 0. The molecule has 0 saturated carbocycles. The highest BCUT2D eigenvalue weighted by molar-refractivity contribution is 5.35. The molecule has 1 rings (SSSR count). The van der Waals surface area contributed by atoms with E-state index in [4.69, 9.17) is 9.47 Å². The van der Waals surface area contributed by atoms with Crippen molar-refractivity contribution in [2.45, 2.75) is 90.9 Å². The molecule has 1 aromatic carbocycles. The molecule has 32 heavy (non-hydrogen) atoms. The van der Waals surface area contributed by atoms with Crippen LogP contribution in [0, 0.1) is 23.5 Å². The number of hydrogen-bond donors (Lipinski definition) is 0. The average molecular weight is 451 g/mol. The second-order valence-corrected chi connectivity index (χ2v) is 8.68. The van der Waals surface area contributed by atoms with Gasteiger partial charge in [-0.15, -0.1) is 13.2 Å². The normalized spacial score (nSPS) is 12.9. The summed E-state index contributed by atoms with van der Waals surface area (Å²) in [6.07, 6.45) is 17.1. The highest BCUT2D eigenvalue weighted by Crippen LogP contribution is 2.28. The van der Waals surface area contributed by atoms with Gasteiger partial charge in [-0.25, -0.2) is 0 Å². The van der Waals surface area contributed by atoms with Crippen LogP contribution in [-0.4, -0.2) is 13.2 Å². The van der Waals surface area contributed by atoms with Gasteiger partial charge < -0.3 is 9.47 Å². The SMILES string of the molecule is C=CCCCOc1ccc(OCCCCC(CCC)CCCC(C=C)CCC)c(F)c1F. The molecule has 0 spiro atoms. The van der Waals surface area contributed by atoms with E-state index in [0.717, 1.165) is 38.0 Å². The molecule has 0 N–H and O–H groups in total. The number of unbranched alkanes of at least 4 members (excludes halogenated alkanes) is 2. The molecule has 0 bridgehead atoms. The van der Waals surface area contributed by atoms with E-state index in [2.05, 4.69) is 33.1 Å². The van der Waals surface area contributed by atoms with E-state index < -0.39 is 11.6 Å². The van der Waals surface area contributed by atoms with E-state index >= 15 is 0 Å². The van der Waals surface area contributed by atoms with Crippen LogP contribution in [-0.2, 0) is 0 Å². The Hall–Kier alpha value is -1.84. The molecule has 4 heteroatoms. The zero-order chi connectivity index (χ0) is 23.6. The maximum absolute atomic E-state index is 14.3. The van der Waals surface area contributed by atoms with Gasteiger partial charge in [0.15, 0.2) is 11.5 Å². The zero-order valence-electron chi connectivity index (χ0n) is 20.4. The van der Waals surface area contributed by atoms with Crippen LogP contribution >= 0.6 is 0 Å². The topological polar surface area (TPSA) is 18.5 Å². The largest absolute Gasteiger partial charge is 0.490 e. The van der Waals surface area contributed by atoms with Gasteiger partial charge in [0.05, 0.1) is 13.2 Å². The number of rotatable bonds is 20. The van der Waals surface area contributed by atoms with Crippen LogP contribution in [0.5, 0.6) is 11.5 Å². The third-order valence-corrected chi connectivity index (χ3v) is 5.96. The molecule has 2 unspecified atom stereocenters. The van der Waals surface area contributed by atoms with Gasteiger partial charge in [-0.3, -0.25) is 0 Å². The quantitative estimate of drug-likeness (QED) is 0.146. The van der Waals surface area contributed by atoms with Crippen molar-refractivity contribution in [3.63, 3.8) is 0 Å². The van der Waals surface area contributed by atoms with E-state index in [-0.39, 0.29) is 11.5 Å². The lowest BCUT2D eigenvalue weighted by atomic mass is 9.89. The fourth-order valence-corrected chi connectivity index (χ4v) is 4.12. The lowest BCUT2D eigenvalue weighted by Gasteiger charge is -2.18. The first-order valence-electron chi connectivity index (χ1n) is 12.5. The number of benzene rings is 1. The highest BCUT2D eigenvalue weighted by Gasteiger charge is 2.16. The van der Waals surface area contributed by atoms with Gasteiger partial charge in [0.2, 0.25) is 11.6 Å². The van der Waals surface area contributed by atoms with Gasteiger partial charge in [-0.2, -0.15) is 8.78 Å². The van der Waals surface area contributed by atoms with Gasteiger partial charge in [-0.1, -0.05) is 64.5 Å². The molecule has 0 aromatic heterocycles. The Balaban J connectivity index is 2.35. The van der Waals surface area contributed by atoms with Gasteiger partial charge in [0.25, 0.3) is 0 Å². The third kappa shape index (κ3) is 11.2. The molecule has 0 aliphatic carbocycles. The third-order valence-electron chi connectivity index (χ3n) is 5.96. The second-order valence-electron chi connectivity index (χ2n) is 8.68. The van der Waals surface area contributed by atoms with Gasteiger partial charge in [0.1, 0.15) is 0 Å². The van der Waals surface area contributed by atoms with E-state index in [1.165, 1.54) is 57.1 Å². The van der Waals surface area contributed by atoms with Gasteiger partial charge >= 0.3 is 0 Å². The molecule has 0 amide bonds. The van der Waals surface area contributed by atoms with Crippen LogP contribution in [0.2, 0.25) is 0 Å². The van der Waals surface area contributed by atoms with Crippen molar-refractivity contribution < 1.29 is 18.3 Å². The Labute approximate surface area is 195 Å². The maximum Gasteiger partial charge on any atom is 0.204 e. The minimum Gasteiger partial charge on any atom is -0.490 e. The van der Waals surface area contributed by atoms with Crippen molar-refractivity contribution in [1.29, 1.82) is 0 Å². The van der Waals surface area contributed by atoms with Crippen molar-refractivity contribution in [1.82, 2.24) is 0 Å². The Kier molecular flexibility index (Phi) is 15.6. The van der Waals surface area contributed by atoms with Crippen molar-refractivity contribution in [3.8, 4) is 11.5 Å². The monoisotopic (exact) mass is 450 g/mol. The summed E-state index contributed by atoms with van der Waals surface area (Å²) < 4.78 is 39.3. The van der Waals surface area contributed by atoms with Crippen LogP contribution in [0.4, 0.5) is 8.78 Å². The molecule has 0 aliphatic rings. The Morgan fingerprint density at radius 3 is 1.94 bits per heavy atom. The van der Waals surface area contributed by atoms with Crippen molar-refractivity contribution in [2.75, 3.05) is 13.2 Å². The van der Waals surface area contributed by atoms with E-state index in [1.807, 2.05) is 0 Å². The molecular formula is C28H44F2O2. The molecule has 2 atom stereocenters. The van der Waals surface area contributed by atoms with E-state index in [0.29, 0.717) is 19.1 Å². The Morgan fingerprint density at radius 1 is 0.781 bits per heavy atom. The summed E-state index contributed by atoms with van der Waals surface area (Å²) in [7, 11) is 0. The fourth-order valence-electron chi connectivity index (χ4n) is 4.12. The standard InChI is InChI=1S/C28H44F2O2/c1-5-9-11-21-31-25-19-20-26(28(30)27(25)29)32-22-12-10-16-24(15-7-3)18-13-17-23(8-4)14-6-2/h5,8,19-20,23-24H,1,4,6-7,9-18,21-22H2,2-3H3. The number of ether oxygens (including phenoxy) is 2. The van der Waals surface area contributed by atoms with Crippen LogP contribution in [0.3, 0.4) is 0 Å². The Morgan fingerprint density at radius 2 is 1.38 bits per heavy atom. The highest BCUT2D eigenvalue weighted by atomic mass is 19.2. The first-order chi connectivity index (χ1) is 15.6. The molecule has 0 fully saturated rings. The lowest BCUT2D eigenvalue weighted by molar-refractivity contribution is 0.265. The van der Waals surface area contributed by atoms with Crippen molar-refractivity contribution in [2.24, 2.45) is 11.8 Å². The minimum atomic E-state index is -0.981. The summed E-state index contributed by atoms with van der Waals surface area (Å²) in [5.41, 5.74) is 0. The molecule has 0 aliphatic heterocycles. The molecule has 182 valence electrons. The van der Waals surface area contributed by atoms with Crippen molar-refractivity contribution >= 4 is 0 Å². The van der Waals surface area contributed by atoms with E-state index in [9.17, 15) is 8.78 Å². The summed E-state index contributed by atoms with van der Waals surface area (Å²) in [6, 6.07) is 2.89. The molecule has 1 aromatic rings. The summed E-state index contributed by atoms with van der Waals surface area (Å²) in [6.45, 7) is 12.8. The average Bonchev–Trinajstić information content (AvgIpc) is 2.79. The van der Waals surface area contributed by atoms with Crippen LogP contribution in [0.15, 0.2) is 37.4 Å². The summed E-state index contributed by atoms with van der Waals surface area (Å²) in [4.78, 5) is 0. The fraction of sp³-hybridized carbons (Fsp3) is 0.643. The van der Waals surface area contributed by atoms with E-state index in [1.54, 1.807) is 6.08 Å². The summed E-state index contributed by atoms with van der Waals surface area (Å²) in [5.74, 6) is -0.686. The van der Waals surface area contributed by atoms with Crippen molar-refractivity contribution in [3.05, 3.63) is 49.1 Å². The number of halogens is 2. The first-order valence-corrected chi connectivity index (χ1v) is 12.5. The smallest absolute Gasteiger partial charge is 0.204 e. The number of hydrogen-bond acceptors (Lipinski definition) is 2. The molecule has 2 nitrogen and oxygen atoms in total. The van der Waals surface area contributed by atoms with Crippen LogP contribution in [0.25, 0.3) is 0 Å². The van der Waals surface area contributed by atoms with Gasteiger partial charge in [0, 0.05) is 0 Å². The van der Waals surface area contributed by atoms with Crippen LogP contribution in [0.1, 0.15) is 90.9 Å². The number of allylic oxidation sites excluding steroid dienone is 2. The lowest BCUT2D eigenvalue weighted by Crippen LogP contribution is -2.06. The minimum absolute atomic E-state index is 0.0440. The predicted molar refractivity (Wildman–Crippen MR) is 131 cm³/mol. The maximum atomic E-state index is 14.3. The molecule has 0 heterocycles. The predicted octanol–water partition coefficient (Wildman–Crippen LogP) is 9.05. The molecule has 0 saturated heterocycles. The first kappa shape index (κ1) is 28.2. The summed E-state index contributed by atoms with van der Waals surface area (Å²) in [5, 5.41) is 0. The van der Waals surface area contributed by atoms with Crippen LogP contribution < -0.4 is 9.47 Å². The molecule has 0 radical (unpaired) electrons. The zero-order valence-corrected chi connectivity index (χ0v) is 20.4. The molecular weight excluding hydrogens is 406 g/mol. The van der Waals surface area contributed by atoms with Gasteiger partial charge in [-0.05, 0) is 62.5 Å². The Bertz CT molecular complexity index is 645.